The highest BCUT2D eigenvalue weighted by molar-refractivity contribution is 5.76. The first-order valence-corrected chi connectivity index (χ1v) is 7.64. The van der Waals surface area contributed by atoms with Crippen LogP contribution in [0.1, 0.15) is 11.1 Å². The van der Waals surface area contributed by atoms with Gasteiger partial charge in [-0.25, -0.2) is 0 Å². The average molecular weight is 361 g/mol. The van der Waals surface area contributed by atoms with Gasteiger partial charge in [-0.2, -0.15) is 0 Å². The van der Waals surface area contributed by atoms with Crippen LogP contribution in [0.25, 0.3) is 0 Å². The first kappa shape index (κ1) is 19.0. The molecule has 0 radical (unpaired) electrons. The number of nitrogens with zero attached hydrogens (tertiary/aromatic N) is 1. The van der Waals surface area contributed by atoms with Gasteiger partial charge in [0.1, 0.15) is 5.75 Å². The number of aryl methyl sites for hydroxylation is 1. The minimum atomic E-state index is -0.521. The largest absolute Gasteiger partial charge is 0.493 e. The van der Waals surface area contributed by atoms with E-state index in [1.54, 1.807) is 19.1 Å². The summed E-state index contributed by atoms with van der Waals surface area (Å²) in [5, 5.41) is 10.8. The molecule has 0 aliphatic carbocycles. The van der Waals surface area contributed by atoms with Crippen LogP contribution in [0.3, 0.4) is 0 Å². The van der Waals surface area contributed by atoms with Crippen LogP contribution >= 0.6 is 0 Å². The van der Waals surface area contributed by atoms with Crippen molar-refractivity contribution in [3.05, 3.63) is 51.6 Å². The molecule has 138 valence electrons. The fourth-order valence-electron chi connectivity index (χ4n) is 2.47. The quantitative estimate of drug-likeness (QED) is 0.323. The van der Waals surface area contributed by atoms with Crippen molar-refractivity contribution in [2.24, 2.45) is 0 Å². The van der Waals surface area contributed by atoms with E-state index in [-0.39, 0.29) is 17.9 Å². The Morgan fingerprint density at radius 2 is 1.65 bits per heavy atom. The molecule has 0 spiro atoms. The van der Waals surface area contributed by atoms with Crippen LogP contribution in [-0.2, 0) is 11.2 Å². The Morgan fingerprint density at radius 1 is 1.04 bits per heavy atom. The zero-order valence-corrected chi connectivity index (χ0v) is 14.9. The minimum absolute atomic E-state index is 0.0329. The maximum absolute atomic E-state index is 12.2. The van der Waals surface area contributed by atoms with Gasteiger partial charge < -0.3 is 18.9 Å². The second kappa shape index (κ2) is 8.19. The van der Waals surface area contributed by atoms with Gasteiger partial charge in [-0.3, -0.25) is 14.9 Å². The van der Waals surface area contributed by atoms with Crippen molar-refractivity contribution in [2.75, 3.05) is 21.3 Å². The lowest BCUT2D eigenvalue weighted by Crippen LogP contribution is -2.12. The average Bonchev–Trinajstić information content (AvgIpc) is 2.60. The highest BCUT2D eigenvalue weighted by Gasteiger charge is 2.17. The van der Waals surface area contributed by atoms with Gasteiger partial charge in [-0.1, -0.05) is 0 Å². The van der Waals surface area contributed by atoms with E-state index < -0.39 is 10.9 Å². The molecule has 0 amide bonds. The topological polar surface area (TPSA) is 97.1 Å². The smallest absolute Gasteiger partial charge is 0.315 e. The molecule has 0 atom stereocenters. The lowest BCUT2D eigenvalue weighted by Gasteiger charge is -2.14. The molecule has 26 heavy (non-hydrogen) atoms. The number of carbonyl (C=O) groups is 1. The Kier molecular flexibility index (Phi) is 6.00. The van der Waals surface area contributed by atoms with Crippen molar-refractivity contribution in [1.82, 2.24) is 0 Å². The molecule has 8 nitrogen and oxygen atoms in total. The number of hydrogen-bond acceptors (Lipinski definition) is 7. The standard InChI is InChI=1S/C18H19NO7/c1-11-7-13(5-6-14(11)19(21)22)26-17(20)10-12-8-15(23-2)18(25-4)16(9-12)24-3/h5-9H,10H2,1-4H3. The van der Waals surface area contributed by atoms with E-state index in [9.17, 15) is 14.9 Å². The van der Waals surface area contributed by atoms with Crippen LogP contribution in [0.5, 0.6) is 23.0 Å². The number of esters is 1. The monoisotopic (exact) mass is 361 g/mol. The Hall–Kier alpha value is -3.29. The Morgan fingerprint density at radius 3 is 2.12 bits per heavy atom. The van der Waals surface area contributed by atoms with Crippen LogP contribution < -0.4 is 18.9 Å². The second-order valence-electron chi connectivity index (χ2n) is 5.39. The molecule has 2 aromatic carbocycles. The van der Waals surface area contributed by atoms with Gasteiger partial charge in [-0.05, 0) is 36.8 Å². The molecule has 0 saturated heterocycles. The lowest BCUT2D eigenvalue weighted by atomic mass is 10.1. The molecular weight excluding hydrogens is 342 g/mol. The van der Waals surface area contributed by atoms with Crippen molar-refractivity contribution >= 4 is 11.7 Å². The number of ether oxygens (including phenoxy) is 4. The summed E-state index contributed by atoms with van der Waals surface area (Å²) in [6.07, 6.45) is -0.0350. The summed E-state index contributed by atoms with van der Waals surface area (Å²) < 4.78 is 21.0. The predicted molar refractivity (Wildman–Crippen MR) is 93.3 cm³/mol. The zero-order valence-electron chi connectivity index (χ0n) is 14.9. The van der Waals surface area contributed by atoms with E-state index in [1.165, 1.54) is 39.5 Å². The van der Waals surface area contributed by atoms with Gasteiger partial charge in [0.25, 0.3) is 5.69 Å². The number of nitro benzene ring substituents is 1. The van der Waals surface area contributed by atoms with Crippen molar-refractivity contribution in [3.63, 3.8) is 0 Å². The second-order valence-corrected chi connectivity index (χ2v) is 5.39. The Bertz CT molecular complexity index is 807. The molecule has 0 unspecified atom stereocenters. The maximum Gasteiger partial charge on any atom is 0.315 e. The lowest BCUT2D eigenvalue weighted by molar-refractivity contribution is -0.385. The van der Waals surface area contributed by atoms with E-state index in [0.29, 0.717) is 28.4 Å². The fourth-order valence-corrected chi connectivity index (χ4v) is 2.47. The van der Waals surface area contributed by atoms with Crippen LogP contribution in [0, 0.1) is 17.0 Å². The van der Waals surface area contributed by atoms with Crippen molar-refractivity contribution in [3.8, 4) is 23.0 Å². The first-order chi connectivity index (χ1) is 12.4. The molecule has 0 fully saturated rings. The predicted octanol–water partition coefficient (Wildman–Crippen LogP) is 3.08. The van der Waals surface area contributed by atoms with Crippen LogP contribution in [0.4, 0.5) is 5.69 Å². The maximum atomic E-state index is 12.2. The normalized spacial score (nSPS) is 10.2. The Balaban J connectivity index is 2.17. The summed E-state index contributed by atoms with van der Waals surface area (Å²) in [4.78, 5) is 22.5. The molecule has 8 heteroatoms. The molecule has 0 saturated carbocycles. The molecule has 0 aromatic heterocycles. The highest BCUT2D eigenvalue weighted by Crippen LogP contribution is 2.38. The van der Waals surface area contributed by atoms with E-state index in [1.807, 2.05) is 0 Å². The molecule has 0 bridgehead atoms. The van der Waals surface area contributed by atoms with E-state index in [2.05, 4.69) is 0 Å². The third kappa shape index (κ3) is 4.21. The van der Waals surface area contributed by atoms with E-state index >= 15 is 0 Å². The molecule has 2 aromatic rings. The highest BCUT2D eigenvalue weighted by atomic mass is 16.6. The molecule has 0 aliphatic rings. The number of nitro groups is 1. The number of rotatable bonds is 7. The van der Waals surface area contributed by atoms with Gasteiger partial charge in [0, 0.05) is 11.6 Å². The third-order valence-electron chi connectivity index (χ3n) is 3.67. The zero-order chi connectivity index (χ0) is 19.3. The van der Waals surface area contributed by atoms with E-state index in [4.69, 9.17) is 18.9 Å². The van der Waals surface area contributed by atoms with E-state index in [0.717, 1.165) is 0 Å². The summed E-state index contributed by atoms with van der Waals surface area (Å²) >= 11 is 0. The molecule has 2 rings (SSSR count). The van der Waals surface area contributed by atoms with Crippen LogP contribution in [-0.4, -0.2) is 32.2 Å². The van der Waals surface area contributed by atoms with Crippen molar-refractivity contribution in [2.45, 2.75) is 13.3 Å². The summed E-state index contributed by atoms with van der Waals surface area (Å²) in [6, 6.07) is 7.45. The summed E-state index contributed by atoms with van der Waals surface area (Å²) in [6.45, 7) is 1.58. The summed E-state index contributed by atoms with van der Waals surface area (Å²) in [5.41, 5.74) is 0.991. The number of benzene rings is 2. The van der Waals surface area contributed by atoms with Gasteiger partial charge in [0.05, 0.1) is 32.7 Å². The van der Waals surface area contributed by atoms with Crippen molar-refractivity contribution in [1.29, 1.82) is 0 Å². The van der Waals surface area contributed by atoms with Gasteiger partial charge in [0.2, 0.25) is 5.75 Å². The van der Waals surface area contributed by atoms with Crippen LogP contribution in [0.2, 0.25) is 0 Å². The minimum Gasteiger partial charge on any atom is -0.493 e. The van der Waals surface area contributed by atoms with Crippen molar-refractivity contribution < 1.29 is 28.7 Å². The van der Waals surface area contributed by atoms with Gasteiger partial charge in [0.15, 0.2) is 11.5 Å². The van der Waals surface area contributed by atoms with Gasteiger partial charge >= 0.3 is 5.97 Å². The fraction of sp³-hybridized carbons (Fsp3) is 0.278. The molecule has 0 aliphatic heterocycles. The summed E-state index contributed by atoms with van der Waals surface area (Å²) in [7, 11) is 4.46. The third-order valence-corrected chi connectivity index (χ3v) is 3.67. The number of carbonyl (C=O) groups excluding carboxylic acids is 1. The first-order valence-electron chi connectivity index (χ1n) is 7.64. The summed E-state index contributed by atoms with van der Waals surface area (Å²) in [5.74, 6) is 1.01. The van der Waals surface area contributed by atoms with Gasteiger partial charge in [-0.15, -0.1) is 0 Å². The SMILES string of the molecule is COc1cc(CC(=O)Oc2ccc([N+](=O)[O-])c(C)c2)cc(OC)c1OC. The number of methoxy groups -OCH3 is 3. The molecule has 0 N–H and O–H groups in total. The number of hydrogen-bond donors (Lipinski definition) is 0. The molecule has 0 heterocycles. The Labute approximate surface area is 150 Å². The molecular formula is C18H19NO7. The van der Waals surface area contributed by atoms with Crippen LogP contribution in [0.15, 0.2) is 30.3 Å².